The Kier molecular flexibility index (Phi) is 4.73. The quantitative estimate of drug-likeness (QED) is 0.518. The fraction of sp³-hybridized carbons (Fsp3) is 0.480. The summed E-state index contributed by atoms with van der Waals surface area (Å²) in [5.41, 5.74) is 6.48. The lowest BCUT2D eigenvalue weighted by Gasteiger charge is -2.29. The molecule has 0 atom stereocenters. The zero-order valence-electron chi connectivity index (χ0n) is 16.2. The summed E-state index contributed by atoms with van der Waals surface area (Å²) in [6.07, 6.45) is 9.28. The average Bonchev–Trinajstić information content (AvgIpc) is 3.30. The predicted octanol–water partition coefficient (Wildman–Crippen LogP) is 6.93. The fourth-order valence-electron chi connectivity index (χ4n) is 5.42. The van der Waals surface area contributed by atoms with Crippen LogP contribution < -0.4 is 0 Å². The number of carbonyl (C=O) groups excluding carboxylic acids is 1. The van der Waals surface area contributed by atoms with E-state index in [1.54, 1.807) is 0 Å². The van der Waals surface area contributed by atoms with Crippen LogP contribution in [0.4, 0.5) is 0 Å². The van der Waals surface area contributed by atoms with E-state index in [0.717, 1.165) is 30.7 Å². The molecule has 0 heterocycles. The molecule has 26 heavy (non-hydrogen) atoms. The number of Topliss-reactive ketones (excluding diaryl/α,β-unsaturated/α-hetero) is 1. The second kappa shape index (κ2) is 7.02. The summed E-state index contributed by atoms with van der Waals surface area (Å²) in [6, 6.07) is 15.3. The molecule has 0 aliphatic heterocycles. The van der Waals surface area contributed by atoms with Crippen LogP contribution in [0.25, 0.3) is 11.1 Å². The van der Waals surface area contributed by atoms with E-state index in [1.165, 1.54) is 47.9 Å². The van der Waals surface area contributed by atoms with Crippen molar-refractivity contribution in [2.24, 2.45) is 5.92 Å². The summed E-state index contributed by atoms with van der Waals surface area (Å²) in [4.78, 5) is 12.9. The van der Waals surface area contributed by atoms with Crippen LogP contribution in [0.1, 0.15) is 86.7 Å². The molecule has 136 valence electrons. The second-order valence-corrected chi connectivity index (χ2v) is 8.21. The van der Waals surface area contributed by atoms with E-state index < -0.39 is 0 Å². The van der Waals surface area contributed by atoms with Crippen molar-refractivity contribution in [3.63, 3.8) is 0 Å². The van der Waals surface area contributed by atoms with E-state index in [-0.39, 0.29) is 5.41 Å². The molecule has 2 aliphatic rings. The molecule has 0 saturated heterocycles. The van der Waals surface area contributed by atoms with Gasteiger partial charge in [-0.25, -0.2) is 0 Å². The Morgan fingerprint density at radius 3 is 2.38 bits per heavy atom. The SMILES string of the molecule is CCC1(CC)c2ccccc2-c2ccc(C(=O)CCC3CCCC3)cc21. The van der Waals surface area contributed by atoms with Crippen LogP contribution in [0.5, 0.6) is 0 Å². The van der Waals surface area contributed by atoms with Gasteiger partial charge in [0.2, 0.25) is 0 Å². The normalized spacial score (nSPS) is 17.9. The highest BCUT2D eigenvalue weighted by Crippen LogP contribution is 2.52. The monoisotopic (exact) mass is 346 g/mol. The Hall–Kier alpha value is -1.89. The number of carbonyl (C=O) groups is 1. The van der Waals surface area contributed by atoms with Gasteiger partial charge in [0.25, 0.3) is 0 Å². The number of hydrogen-bond donors (Lipinski definition) is 0. The van der Waals surface area contributed by atoms with Crippen LogP contribution in [0.2, 0.25) is 0 Å². The van der Waals surface area contributed by atoms with Crippen molar-refractivity contribution in [1.82, 2.24) is 0 Å². The maximum absolute atomic E-state index is 12.9. The highest BCUT2D eigenvalue weighted by Gasteiger charge is 2.40. The van der Waals surface area contributed by atoms with Gasteiger partial charge in [0.05, 0.1) is 0 Å². The lowest BCUT2D eigenvalue weighted by atomic mass is 9.73. The van der Waals surface area contributed by atoms with Gasteiger partial charge in [-0.15, -0.1) is 0 Å². The van der Waals surface area contributed by atoms with E-state index in [4.69, 9.17) is 0 Å². The Labute approximate surface area is 157 Å². The molecular formula is C25H30O. The molecule has 1 heteroatoms. The van der Waals surface area contributed by atoms with E-state index in [9.17, 15) is 4.79 Å². The first-order valence-electron chi connectivity index (χ1n) is 10.5. The number of fused-ring (bicyclic) bond motifs is 3. The highest BCUT2D eigenvalue weighted by molar-refractivity contribution is 5.97. The van der Waals surface area contributed by atoms with Crippen LogP contribution in [0.15, 0.2) is 42.5 Å². The number of benzene rings is 2. The number of rotatable bonds is 6. The smallest absolute Gasteiger partial charge is 0.162 e. The van der Waals surface area contributed by atoms with E-state index in [2.05, 4.69) is 56.3 Å². The lowest BCUT2D eigenvalue weighted by molar-refractivity contribution is 0.0973. The zero-order chi connectivity index (χ0) is 18.1. The van der Waals surface area contributed by atoms with Gasteiger partial charge in [0.15, 0.2) is 5.78 Å². The van der Waals surface area contributed by atoms with Crippen molar-refractivity contribution < 1.29 is 4.79 Å². The van der Waals surface area contributed by atoms with Crippen molar-refractivity contribution in [3.8, 4) is 11.1 Å². The van der Waals surface area contributed by atoms with Gasteiger partial charge in [0.1, 0.15) is 0 Å². The molecular weight excluding hydrogens is 316 g/mol. The molecule has 0 aromatic heterocycles. The van der Waals surface area contributed by atoms with E-state index >= 15 is 0 Å². The van der Waals surface area contributed by atoms with Crippen molar-refractivity contribution in [1.29, 1.82) is 0 Å². The maximum Gasteiger partial charge on any atom is 0.162 e. The minimum Gasteiger partial charge on any atom is -0.294 e. The first-order valence-corrected chi connectivity index (χ1v) is 10.5. The largest absolute Gasteiger partial charge is 0.294 e. The average molecular weight is 347 g/mol. The van der Waals surface area contributed by atoms with Crippen molar-refractivity contribution >= 4 is 5.78 Å². The Morgan fingerprint density at radius 2 is 1.65 bits per heavy atom. The Bertz CT molecular complexity index is 807. The molecule has 1 nitrogen and oxygen atoms in total. The minimum absolute atomic E-state index is 0.0632. The maximum atomic E-state index is 12.9. The third-order valence-corrected chi connectivity index (χ3v) is 7.05. The molecule has 2 aromatic carbocycles. The van der Waals surface area contributed by atoms with Gasteiger partial charge in [0, 0.05) is 17.4 Å². The minimum atomic E-state index is 0.0632. The molecule has 0 N–H and O–H groups in total. The predicted molar refractivity (Wildman–Crippen MR) is 109 cm³/mol. The van der Waals surface area contributed by atoms with Gasteiger partial charge < -0.3 is 0 Å². The molecule has 4 rings (SSSR count). The van der Waals surface area contributed by atoms with Crippen molar-refractivity contribution in [2.45, 2.75) is 70.6 Å². The molecule has 0 bridgehead atoms. The van der Waals surface area contributed by atoms with Crippen LogP contribution >= 0.6 is 0 Å². The van der Waals surface area contributed by atoms with Gasteiger partial charge in [-0.2, -0.15) is 0 Å². The third-order valence-electron chi connectivity index (χ3n) is 7.05. The Balaban J connectivity index is 1.66. The molecule has 0 spiro atoms. The highest BCUT2D eigenvalue weighted by atomic mass is 16.1. The van der Waals surface area contributed by atoms with Gasteiger partial charge in [-0.3, -0.25) is 4.79 Å². The van der Waals surface area contributed by atoms with Crippen LogP contribution in [-0.2, 0) is 5.41 Å². The molecule has 0 amide bonds. The van der Waals surface area contributed by atoms with Crippen molar-refractivity contribution in [2.75, 3.05) is 0 Å². The summed E-state index contributed by atoms with van der Waals surface area (Å²) >= 11 is 0. The van der Waals surface area contributed by atoms with Gasteiger partial charge >= 0.3 is 0 Å². The van der Waals surface area contributed by atoms with Crippen LogP contribution in [0, 0.1) is 5.92 Å². The number of hydrogen-bond acceptors (Lipinski definition) is 1. The van der Waals surface area contributed by atoms with Crippen LogP contribution in [0.3, 0.4) is 0 Å². The molecule has 2 aromatic rings. The molecule has 0 radical (unpaired) electrons. The second-order valence-electron chi connectivity index (χ2n) is 8.21. The van der Waals surface area contributed by atoms with Gasteiger partial charge in [-0.1, -0.05) is 75.9 Å². The summed E-state index contributed by atoms with van der Waals surface area (Å²) in [6.45, 7) is 4.56. The van der Waals surface area contributed by atoms with Crippen LogP contribution in [-0.4, -0.2) is 5.78 Å². The summed E-state index contributed by atoms with van der Waals surface area (Å²) in [7, 11) is 0. The number of ketones is 1. The first kappa shape index (κ1) is 17.5. The molecule has 1 fully saturated rings. The van der Waals surface area contributed by atoms with Gasteiger partial charge in [-0.05, 0) is 53.5 Å². The molecule has 0 unspecified atom stereocenters. The van der Waals surface area contributed by atoms with Crippen molar-refractivity contribution in [3.05, 3.63) is 59.2 Å². The first-order chi connectivity index (χ1) is 12.7. The standard InChI is InChI=1S/C25H30O/c1-3-25(4-2)22-12-8-7-11-20(22)21-15-14-19(17-23(21)25)24(26)16-13-18-9-5-6-10-18/h7-8,11-12,14-15,17-18H,3-6,9-10,13,16H2,1-2H3. The zero-order valence-corrected chi connectivity index (χ0v) is 16.2. The fourth-order valence-corrected chi connectivity index (χ4v) is 5.42. The Morgan fingerprint density at radius 1 is 0.962 bits per heavy atom. The third kappa shape index (κ3) is 2.73. The van der Waals surface area contributed by atoms with E-state index in [0.29, 0.717) is 12.2 Å². The molecule has 2 aliphatic carbocycles. The summed E-state index contributed by atoms with van der Waals surface area (Å²) in [5.74, 6) is 1.11. The van der Waals surface area contributed by atoms with E-state index in [1.807, 2.05) is 0 Å². The molecule has 1 saturated carbocycles. The summed E-state index contributed by atoms with van der Waals surface area (Å²) < 4.78 is 0. The lowest BCUT2D eigenvalue weighted by Crippen LogP contribution is -2.23. The topological polar surface area (TPSA) is 17.1 Å². The summed E-state index contributed by atoms with van der Waals surface area (Å²) in [5, 5.41) is 0.